The molecule has 2 fully saturated rings. The molecule has 0 aromatic carbocycles. The molecule has 0 radical (unpaired) electrons. The zero-order chi connectivity index (χ0) is 19.2. The van der Waals surface area contributed by atoms with E-state index in [4.69, 9.17) is 4.99 Å². The van der Waals surface area contributed by atoms with Crippen LogP contribution in [0.15, 0.2) is 22.5 Å². The Balaban J connectivity index is 1.65. The lowest BCUT2D eigenvalue weighted by Crippen LogP contribution is -2.51. The summed E-state index contributed by atoms with van der Waals surface area (Å²) >= 11 is 1.85. The van der Waals surface area contributed by atoms with Gasteiger partial charge in [-0.25, -0.2) is 0 Å². The smallest absolute Gasteiger partial charge is 0.222 e. The number of nitrogens with one attached hydrogen (secondary N) is 2. The number of hydrogen-bond donors (Lipinski definition) is 2. The van der Waals surface area contributed by atoms with Crippen LogP contribution in [0.25, 0.3) is 0 Å². The number of amides is 1. The van der Waals surface area contributed by atoms with Crippen molar-refractivity contribution in [1.29, 1.82) is 0 Å². The molecule has 3 unspecified atom stereocenters. The van der Waals surface area contributed by atoms with Crippen molar-refractivity contribution in [3.05, 3.63) is 22.4 Å². The van der Waals surface area contributed by atoms with Gasteiger partial charge in [0.1, 0.15) is 0 Å². The molecule has 27 heavy (non-hydrogen) atoms. The SMILES string of the molecule is CCNC(=NCC1CCCN(C)C1c1cccs1)NC1CCC(=O)N(C)C1. The van der Waals surface area contributed by atoms with Crippen LogP contribution in [0.5, 0.6) is 0 Å². The van der Waals surface area contributed by atoms with Gasteiger partial charge in [-0.2, -0.15) is 0 Å². The van der Waals surface area contributed by atoms with Crippen LogP contribution >= 0.6 is 11.3 Å². The quantitative estimate of drug-likeness (QED) is 0.597. The lowest BCUT2D eigenvalue weighted by atomic mass is 9.88. The van der Waals surface area contributed by atoms with Crippen molar-refractivity contribution in [2.75, 3.05) is 40.3 Å². The molecule has 0 saturated carbocycles. The molecule has 2 N–H and O–H groups in total. The van der Waals surface area contributed by atoms with Crippen LogP contribution in [0.1, 0.15) is 43.5 Å². The van der Waals surface area contributed by atoms with Crippen LogP contribution in [-0.4, -0.2) is 68.0 Å². The molecule has 1 aromatic rings. The molecule has 3 rings (SSSR count). The summed E-state index contributed by atoms with van der Waals surface area (Å²) in [4.78, 5) is 22.4. The monoisotopic (exact) mass is 391 g/mol. The fraction of sp³-hybridized carbons (Fsp3) is 0.700. The summed E-state index contributed by atoms with van der Waals surface area (Å²) in [6.07, 6.45) is 3.94. The van der Waals surface area contributed by atoms with E-state index >= 15 is 0 Å². The largest absolute Gasteiger partial charge is 0.357 e. The number of carbonyl (C=O) groups is 1. The molecule has 150 valence electrons. The molecule has 1 aromatic heterocycles. The molecule has 3 heterocycles. The Labute approximate surface area is 167 Å². The maximum Gasteiger partial charge on any atom is 0.222 e. The summed E-state index contributed by atoms with van der Waals surface area (Å²) < 4.78 is 0. The first-order valence-corrected chi connectivity index (χ1v) is 11.0. The minimum absolute atomic E-state index is 0.235. The van der Waals surface area contributed by atoms with Crippen molar-refractivity contribution in [3.63, 3.8) is 0 Å². The summed E-state index contributed by atoms with van der Waals surface area (Å²) in [7, 11) is 4.11. The van der Waals surface area contributed by atoms with E-state index in [1.807, 2.05) is 23.3 Å². The lowest BCUT2D eigenvalue weighted by molar-refractivity contribution is -0.132. The second-order valence-corrected chi connectivity index (χ2v) is 8.70. The van der Waals surface area contributed by atoms with Crippen molar-refractivity contribution in [3.8, 4) is 0 Å². The van der Waals surface area contributed by atoms with E-state index in [1.54, 1.807) is 0 Å². The van der Waals surface area contributed by atoms with Crippen LogP contribution in [0.3, 0.4) is 0 Å². The molecule has 0 spiro atoms. The number of likely N-dealkylation sites (N-methyl/N-ethyl adjacent to an activating group) is 1. The maximum atomic E-state index is 11.7. The van der Waals surface area contributed by atoms with Crippen LogP contribution in [0.4, 0.5) is 0 Å². The highest BCUT2D eigenvalue weighted by Crippen LogP contribution is 2.37. The number of rotatable bonds is 5. The Hall–Kier alpha value is -1.60. The second-order valence-electron chi connectivity index (χ2n) is 7.72. The molecule has 2 aliphatic rings. The number of nitrogens with zero attached hydrogens (tertiary/aromatic N) is 3. The Bertz CT molecular complexity index is 632. The molecular weight excluding hydrogens is 358 g/mol. The summed E-state index contributed by atoms with van der Waals surface area (Å²) in [6.45, 7) is 5.66. The fourth-order valence-electron chi connectivity index (χ4n) is 4.21. The van der Waals surface area contributed by atoms with Gasteiger partial charge in [-0.1, -0.05) is 6.07 Å². The first-order valence-electron chi connectivity index (χ1n) is 10.1. The van der Waals surface area contributed by atoms with Gasteiger partial charge in [0.2, 0.25) is 5.91 Å². The minimum Gasteiger partial charge on any atom is -0.357 e. The molecule has 2 saturated heterocycles. The van der Waals surface area contributed by atoms with Gasteiger partial charge in [0.25, 0.3) is 0 Å². The van der Waals surface area contributed by atoms with Gasteiger partial charge < -0.3 is 15.5 Å². The zero-order valence-electron chi connectivity index (χ0n) is 16.8. The van der Waals surface area contributed by atoms with Crippen molar-refractivity contribution in [2.24, 2.45) is 10.9 Å². The molecule has 7 heteroatoms. The van der Waals surface area contributed by atoms with Crippen LogP contribution in [0.2, 0.25) is 0 Å². The predicted octanol–water partition coefficient (Wildman–Crippen LogP) is 2.31. The van der Waals surface area contributed by atoms with Gasteiger partial charge >= 0.3 is 0 Å². The molecule has 1 amide bonds. The Morgan fingerprint density at radius 1 is 1.37 bits per heavy atom. The minimum atomic E-state index is 0.235. The number of piperidine rings is 2. The van der Waals surface area contributed by atoms with E-state index in [-0.39, 0.29) is 11.9 Å². The number of hydrogen-bond acceptors (Lipinski definition) is 4. The molecule has 2 aliphatic heterocycles. The third-order valence-corrected chi connectivity index (χ3v) is 6.58. The standard InChI is InChI=1S/C20H33N5OS/c1-4-21-20(23-16-9-10-18(26)25(3)14-16)22-13-15-7-5-11-24(2)19(15)17-8-6-12-27-17/h6,8,12,15-16,19H,4-5,7,9-11,13-14H2,1-3H3,(H2,21,22,23). The van der Waals surface area contributed by atoms with Gasteiger partial charge in [-0.3, -0.25) is 14.7 Å². The summed E-state index contributed by atoms with van der Waals surface area (Å²) in [6, 6.07) is 5.14. The number of guanidine groups is 1. The van der Waals surface area contributed by atoms with E-state index in [1.165, 1.54) is 17.7 Å². The normalized spacial score (nSPS) is 27.7. The highest BCUT2D eigenvalue weighted by Gasteiger charge is 2.31. The van der Waals surface area contributed by atoms with Crippen molar-refractivity contribution in [2.45, 2.75) is 44.7 Å². The summed E-state index contributed by atoms with van der Waals surface area (Å²) in [5.74, 6) is 1.65. The number of carbonyl (C=O) groups excluding carboxylic acids is 1. The van der Waals surface area contributed by atoms with Gasteiger partial charge in [-0.15, -0.1) is 11.3 Å². The van der Waals surface area contributed by atoms with Crippen LogP contribution < -0.4 is 10.6 Å². The average molecular weight is 392 g/mol. The number of aliphatic imine (C=N–C) groups is 1. The first-order chi connectivity index (χ1) is 13.1. The van der Waals surface area contributed by atoms with Gasteiger partial charge in [-0.05, 0) is 57.1 Å². The second kappa shape index (κ2) is 9.55. The molecule has 3 atom stereocenters. The Kier molecular flexibility index (Phi) is 7.13. The summed E-state index contributed by atoms with van der Waals surface area (Å²) in [5.41, 5.74) is 0. The third kappa shape index (κ3) is 5.23. The van der Waals surface area contributed by atoms with E-state index < -0.39 is 0 Å². The Morgan fingerprint density at radius 2 is 2.22 bits per heavy atom. The van der Waals surface area contributed by atoms with E-state index in [2.05, 4.69) is 47.0 Å². The van der Waals surface area contributed by atoms with Crippen molar-refractivity contribution >= 4 is 23.2 Å². The van der Waals surface area contributed by atoms with Gasteiger partial charge in [0.15, 0.2) is 5.96 Å². The molecule has 0 aliphatic carbocycles. The van der Waals surface area contributed by atoms with Crippen LogP contribution in [-0.2, 0) is 4.79 Å². The first kappa shape index (κ1) is 20.1. The van der Waals surface area contributed by atoms with E-state index in [9.17, 15) is 4.79 Å². The Morgan fingerprint density at radius 3 is 2.93 bits per heavy atom. The zero-order valence-corrected chi connectivity index (χ0v) is 17.6. The lowest BCUT2D eigenvalue weighted by Gasteiger charge is -2.38. The third-order valence-electron chi connectivity index (χ3n) is 5.64. The predicted molar refractivity (Wildman–Crippen MR) is 112 cm³/mol. The highest BCUT2D eigenvalue weighted by atomic mass is 32.1. The van der Waals surface area contributed by atoms with Gasteiger partial charge in [0.05, 0.1) is 0 Å². The fourth-order valence-corrected chi connectivity index (χ4v) is 5.20. The number of likely N-dealkylation sites (tertiary alicyclic amines) is 2. The summed E-state index contributed by atoms with van der Waals surface area (Å²) in [5, 5.41) is 9.09. The van der Waals surface area contributed by atoms with Gasteiger partial charge in [0, 0.05) is 50.1 Å². The average Bonchev–Trinajstić information content (AvgIpc) is 3.17. The van der Waals surface area contributed by atoms with Crippen LogP contribution in [0, 0.1) is 5.92 Å². The maximum absolute atomic E-state index is 11.7. The number of thiophene rings is 1. The van der Waals surface area contributed by atoms with Crippen molar-refractivity contribution in [1.82, 2.24) is 20.4 Å². The molecular formula is C20H33N5OS. The van der Waals surface area contributed by atoms with Crippen molar-refractivity contribution < 1.29 is 4.79 Å². The van der Waals surface area contributed by atoms with E-state index in [0.717, 1.165) is 38.6 Å². The highest BCUT2D eigenvalue weighted by molar-refractivity contribution is 7.10. The molecule has 0 bridgehead atoms. The topological polar surface area (TPSA) is 60.0 Å². The molecule has 6 nitrogen and oxygen atoms in total. The van der Waals surface area contributed by atoms with E-state index in [0.29, 0.717) is 18.4 Å².